The number of ketones is 1. The van der Waals surface area contributed by atoms with Crippen LogP contribution in [0.3, 0.4) is 0 Å². The van der Waals surface area contributed by atoms with Gasteiger partial charge in [0.25, 0.3) is 0 Å². The van der Waals surface area contributed by atoms with Crippen LogP contribution in [-0.4, -0.2) is 5.78 Å². The fraction of sp³-hybridized carbons (Fsp3) is 0.571. The zero-order chi connectivity index (χ0) is 12.3. The van der Waals surface area contributed by atoms with E-state index in [0.29, 0.717) is 0 Å². The Hall–Kier alpha value is -1.14. The number of nitrogens with zero attached hydrogens (tertiary/aromatic N) is 1. The van der Waals surface area contributed by atoms with Crippen molar-refractivity contribution in [1.82, 2.24) is 0 Å². The molecular weight excluding hydrogens is 230 g/mol. The van der Waals surface area contributed by atoms with E-state index in [4.69, 9.17) is 0 Å². The molecule has 0 N–H and O–H groups in total. The second-order valence-corrected chi connectivity index (χ2v) is 5.92. The lowest BCUT2D eigenvalue weighted by atomic mass is 9.78. The Kier molecular flexibility index (Phi) is 3.96. The third kappa shape index (κ3) is 2.76. The minimum atomic E-state index is -0.534. The Morgan fingerprint density at radius 2 is 2.18 bits per heavy atom. The molecule has 0 aromatic carbocycles. The fourth-order valence-electron chi connectivity index (χ4n) is 2.50. The molecule has 17 heavy (non-hydrogen) atoms. The minimum absolute atomic E-state index is 0.109. The van der Waals surface area contributed by atoms with Gasteiger partial charge in [-0.1, -0.05) is 25.8 Å². The number of nitriles is 1. The predicted molar refractivity (Wildman–Crippen MR) is 68.8 cm³/mol. The van der Waals surface area contributed by atoms with Crippen LogP contribution in [0.4, 0.5) is 0 Å². The van der Waals surface area contributed by atoms with Crippen LogP contribution < -0.4 is 0 Å². The third-order valence-corrected chi connectivity index (χ3v) is 4.60. The van der Waals surface area contributed by atoms with E-state index in [2.05, 4.69) is 13.0 Å². The summed E-state index contributed by atoms with van der Waals surface area (Å²) in [5.74, 6) is 0.453. The standard InChI is InChI=1S/C14H17NOS/c1-10-4-6-11(7-5-10)14(16)12(9-15)13-3-2-8-17-13/h2-3,8,10-12H,4-7H2,1H3. The van der Waals surface area contributed by atoms with E-state index in [0.717, 1.165) is 36.5 Å². The lowest BCUT2D eigenvalue weighted by Crippen LogP contribution is -2.25. The van der Waals surface area contributed by atoms with Gasteiger partial charge in [-0.2, -0.15) is 5.26 Å². The van der Waals surface area contributed by atoms with E-state index >= 15 is 0 Å². The average Bonchev–Trinajstić information content (AvgIpc) is 2.84. The van der Waals surface area contributed by atoms with E-state index in [-0.39, 0.29) is 11.7 Å². The van der Waals surface area contributed by atoms with E-state index in [1.54, 1.807) is 0 Å². The van der Waals surface area contributed by atoms with E-state index in [1.807, 2.05) is 17.5 Å². The van der Waals surface area contributed by atoms with Crippen LogP contribution in [0.15, 0.2) is 17.5 Å². The van der Waals surface area contributed by atoms with Crippen molar-refractivity contribution >= 4 is 17.1 Å². The number of thiophene rings is 1. The van der Waals surface area contributed by atoms with E-state index in [9.17, 15) is 10.1 Å². The predicted octanol–water partition coefficient (Wildman–Crippen LogP) is 3.75. The second kappa shape index (κ2) is 5.46. The highest BCUT2D eigenvalue weighted by molar-refractivity contribution is 7.10. The first kappa shape index (κ1) is 12.3. The van der Waals surface area contributed by atoms with Gasteiger partial charge < -0.3 is 0 Å². The molecule has 1 atom stereocenters. The van der Waals surface area contributed by atoms with Crippen molar-refractivity contribution in [1.29, 1.82) is 5.26 Å². The molecule has 1 aromatic heterocycles. The van der Waals surface area contributed by atoms with Crippen molar-refractivity contribution in [3.05, 3.63) is 22.4 Å². The highest BCUT2D eigenvalue weighted by Gasteiger charge is 2.31. The molecule has 1 unspecified atom stereocenters. The summed E-state index contributed by atoms with van der Waals surface area (Å²) in [5.41, 5.74) is 0. The molecular formula is C14H17NOS. The van der Waals surface area contributed by atoms with E-state index in [1.165, 1.54) is 11.3 Å². The van der Waals surface area contributed by atoms with Gasteiger partial charge in [0, 0.05) is 10.8 Å². The third-order valence-electron chi connectivity index (χ3n) is 3.66. The molecule has 1 saturated carbocycles. The van der Waals surface area contributed by atoms with Crippen LogP contribution in [0.1, 0.15) is 43.4 Å². The van der Waals surface area contributed by atoms with Gasteiger partial charge in [0.2, 0.25) is 0 Å². The summed E-state index contributed by atoms with van der Waals surface area (Å²) in [5, 5.41) is 11.1. The van der Waals surface area contributed by atoms with Crippen LogP contribution in [0, 0.1) is 23.2 Å². The Balaban J connectivity index is 2.06. The second-order valence-electron chi connectivity index (χ2n) is 4.94. The Bertz CT molecular complexity index is 410. The first-order valence-corrected chi connectivity index (χ1v) is 7.07. The normalized spacial score (nSPS) is 26.1. The summed E-state index contributed by atoms with van der Waals surface area (Å²) in [7, 11) is 0. The van der Waals surface area contributed by atoms with Crippen molar-refractivity contribution in [2.24, 2.45) is 11.8 Å². The quantitative estimate of drug-likeness (QED) is 0.816. The topological polar surface area (TPSA) is 40.9 Å². The maximum absolute atomic E-state index is 12.3. The van der Waals surface area contributed by atoms with Crippen molar-refractivity contribution < 1.29 is 4.79 Å². The first-order chi connectivity index (χ1) is 8.22. The largest absolute Gasteiger partial charge is 0.297 e. The molecule has 2 rings (SSSR count). The molecule has 0 amide bonds. The molecule has 0 radical (unpaired) electrons. The maximum Gasteiger partial charge on any atom is 0.158 e. The van der Waals surface area contributed by atoms with Gasteiger partial charge in [0.05, 0.1) is 6.07 Å². The minimum Gasteiger partial charge on any atom is -0.297 e. The Morgan fingerprint density at radius 1 is 1.47 bits per heavy atom. The van der Waals surface area contributed by atoms with Crippen LogP contribution in [0.25, 0.3) is 0 Å². The number of rotatable bonds is 3. The summed E-state index contributed by atoms with van der Waals surface area (Å²) < 4.78 is 0. The van der Waals surface area contributed by atoms with Crippen molar-refractivity contribution in [3.8, 4) is 6.07 Å². The van der Waals surface area contributed by atoms with E-state index < -0.39 is 5.92 Å². The van der Waals surface area contributed by atoms with Gasteiger partial charge in [-0.15, -0.1) is 11.3 Å². The molecule has 1 heterocycles. The molecule has 1 aliphatic rings. The zero-order valence-corrected chi connectivity index (χ0v) is 10.9. The summed E-state index contributed by atoms with van der Waals surface area (Å²) in [6, 6.07) is 5.97. The molecule has 90 valence electrons. The lowest BCUT2D eigenvalue weighted by Gasteiger charge is -2.26. The molecule has 0 aliphatic heterocycles. The highest BCUT2D eigenvalue weighted by Crippen LogP contribution is 2.33. The molecule has 1 fully saturated rings. The Labute approximate surface area is 106 Å². The van der Waals surface area contributed by atoms with Gasteiger partial charge in [0.1, 0.15) is 5.92 Å². The van der Waals surface area contributed by atoms with Gasteiger partial charge in [-0.25, -0.2) is 0 Å². The number of carbonyl (C=O) groups is 1. The van der Waals surface area contributed by atoms with Crippen LogP contribution in [0.5, 0.6) is 0 Å². The molecule has 0 bridgehead atoms. The number of hydrogen-bond donors (Lipinski definition) is 0. The molecule has 1 aliphatic carbocycles. The average molecular weight is 247 g/mol. The number of hydrogen-bond acceptors (Lipinski definition) is 3. The van der Waals surface area contributed by atoms with Crippen LogP contribution in [0.2, 0.25) is 0 Å². The molecule has 2 nitrogen and oxygen atoms in total. The monoisotopic (exact) mass is 247 g/mol. The van der Waals surface area contributed by atoms with Gasteiger partial charge in [-0.05, 0) is 30.2 Å². The van der Waals surface area contributed by atoms with Crippen LogP contribution >= 0.6 is 11.3 Å². The maximum atomic E-state index is 12.3. The summed E-state index contributed by atoms with van der Waals surface area (Å²) in [6.07, 6.45) is 4.17. The molecule has 1 aromatic rings. The van der Waals surface area contributed by atoms with Crippen LogP contribution in [-0.2, 0) is 4.79 Å². The number of carbonyl (C=O) groups excluding carboxylic acids is 1. The summed E-state index contributed by atoms with van der Waals surface area (Å²) >= 11 is 1.51. The zero-order valence-electron chi connectivity index (χ0n) is 10.1. The first-order valence-electron chi connectivity index (χ1n) is 6.19. The number of Topliss-reactive ketones (excluding diaryl/α,β-unsaturated/α-hetero) is 1. The van der Waals surface area contributed by atoms with Crippen molar-refractivity contribution in [2.75, 3.05) is 0 Å². The lowest BCUT2D eigenvalue weighted by molar-refractivity contribution is -0.124. The Morgan fingerprint density at radius 3 is 2.71 bits per heavy atom. The highest BCUT2D eigenvalue weighted by atomic mass is 32.1. The van der Waals surface area contributed by atoms with Crippen molar-refractivity contribution in [3.63, 3.8) is 0 Å². The summed E-state index contributed by atoms with van der Waals surface area (Å²) in [6.45, 7) is 2.24. The van der Waals surface area contributed by atoms with Gasteiger partial charge in [-0.3, -0.25) is 4.79 Å². The smallest absolute Gasteiger partial charge is 0.158 e. The van der Waals surface area contributed by atoms with Gasteiger partial charge in [0.15, 0.2) is 5.78 Å². The SMILES string of the molecule is CC1CCC(C(=O)C(C#N)c2cccs2)CC1. The van der Waals surface area contributed by atoms with Crippen molar-refractivity contribution in [2.45, 2.75) is 38.5 Å². The summed E-state index contributed by atoms with van der Waals surface area (Å²) in [4.78, 5) is 13.2. The molecule has 0 spiro atoms. The van der Waals surface area contributed by atoms with Gasteiger partial charge >= 0.3 is 0 Å². The fourth-order valence-corrected chi connectivity index (χ4v) is 3.28. The molecule has 3 heteroatoms. The molecule has 0 saturated heterocycles.